The van der Waals surface area contributed by atoms with E-state index in [1.165, 1.54) is 0 Å². The van der Waals surface area contributed by atoms with Crippen molar-refractivity contribution in [3.05, 3.63) is 42.2 Å². The molecule has 0 atom stereocenters. The highest BCUT2D eigenvalue weighted by Gasteiger charge is 2.33. The zero-order valence-electron chi connectivity index (χ0n) is 25.5. The second kappa shape index (κ2) is 12.5. The fourth-order valence-electron chi connectivity index (χ4n) is 5.66. The van der Waals surface area contributed by atoms with Crippen LogP contribution in [-0.2, 0) is 9.53 Å². The van der Waals surface area contributed by atoms with Crippen molar-refractivity contribution in [1.82, 2.24) is 29.7 Å². The Bertz CT molecular complexity index is 1480. The molecule has 1 aliphatic carbocycles. The smallest absolute Gasteiger partial charge is 0.410 e. The van der Waals surface area contributed by atoms with Crippen molar-refractivity contribution in [2.75, 3.05) is 40.4 Å². The highest BCUT2D eigenvalue weighted by molar-refractivity contribution is 5.93. The molecule has 2 aromatic heterocycles. The maximum atomic E-state index is 13.2. The van der Waals surface area contributed by atoms with Gasteiger partial charge in [0.15, 0.2) is 22.8 Å². The Hall–Kier alpha value is -4.35. The van der Waals surface area contributed by atoms with Crippen molar-refractivity contribution < 1.29 is 28.6 Å². The van der Waals surface area contributed by atoms with Gasteiger partial charge in [0.2, 0.25) is 5.91 Å². The number of piperazine rings is 1. The van der Waals surface area contributed by atoms with E-state index in [4.69, 9.17) is 14.2 Å². The van der Waals surface area contributed by atoms with Gasteiger partial charge in [-0.1, -0.05) is 0 Å². The summed E-state index contributed by atoms with van der Waals surface area (Å²) in [5.41, 5.74) is 1.89. The number of benzene rings is 1. The maximum absolute atomic E-state index is 13.2. The number of aromatic nitrogens is 3. The third-order valence-corrected chi connectivity index (χ3v) is 7.92. The van der Waals surface area contributed by atoms with Crippen LogP contribution in [0, 0.1) is 5.92 Å². The number of methoxy groups -OCH3 is 2. The number of hydrogen-bond acceptors (Lipinski definition) is 8. The number of fused-ring (bicyclic) bond motifs is 1. The number of ether oxygens (including phenoxy) is 3. The first-order valence-corrected chi connectivity index (χ1v) is 14.7. The lowest BCUT2D eigenvalue weighted by atomic mass is 9.85. The monoisotopic (exact) mass is 592 g/mol. The Morgan fingerprint density at radius 3 is 2.21 bits per heavy atom. The van der Waals surface area contributed by atoms with E-state index in [1.54, 1.807) is 35.9 Å². The first-order valence-electron chi connectivity index (χ1n) is 14.7. The van der Waals surface area contributed by atoms with Crippen LogP contribution in [0.15, 0.2) is 36.5 Å². The molecule has 1 N–H and O–H groups in total. The lowest BCUT2D eigenvalue weighted by molar-refractivity contribution is -0.138. The number of rotatable bonds is 6. The van der Waals surface area contributed by atoms with Crippen LogP contribution in [0.1, 0.15) is 56.9 Å². The zero-order valence-corrected chi connectivity index (χ0v) is 25.5. The summed E-state index contributed by atoms with van der Waals surface area (Å²) in [6.07, 6.45) is 4.17. The highest BCUT2D eigenvalue weighted by Crippen LogP contribution is 2.32. The number of carbonyl (C=O) groups excluding carboxylic acids is 3. The Labute approximate surface area is 251 Å². The average molecular weight is 593 g/mol. The second-order valence-corrected chi connectivity index (χ2v) is 12.0. The third kappa shape index (κ3) is 6.84. The summed E-state index contributed by atoms with van der Waals surface area (Å²) in [6, 6.07) is 9.05. The van der Waals surface area contributed by atoms with Crippen LogP contribution >= 0.6 is 0 Å². The zero-order chi connectivity index (χ0) is 30.7. The van der Waals surface area contributed by atoms with Gasteiger partial charge in [-0.25, -0.2) is 14.3 Å². The Kier molecular flexibility index (Phi) is 8.74. The molecule has 12 heteroatoms. The second-order valence-electron chi connectivity index (χ2n) is 12.0. The van der Waals surface area contributed by atoms with Crippen LogP contribution in [0.5, 0.6) is 11.5 Å². The molecule has 0 spiro atoms. The molecule has 0 bridgehead atoms. The highest BCUT2D eigenvalue weighted by atomic mass is 16.6. The molecule has 2 aliphatic rings. The summed E-state index contributed by atoms with van der Waals surface area (Å²) in [7, 11) is 3.17. The summed E-state index contributed by atoms with van der Waals surface area (Å²) in [6.45, 7) is 7.46. The maximum Gasteiger partial charge on any atom is 0.410 e. The van der Waals surface area contributed by atoms with Gasteiger partial charge < -0.3 is 29.3 Å². The van der Waals surface area contributed by atoms with Crippen LogP contribution < -0.4 is 14.8 Å². The minimum Gasteiger partial charge on any atom is -0.493 e. The van der Waals surface area contributed by atoms with Crippen LogP contribution in [-0.4, -0.2) is 94.3 Å². The molecule has 0 radical (unpaired) electrons. The van der Waals surface area contributed by atoms with E-state index in [-0.39, 0.29) is 35.6 Å². The molecule has 1 aliphatic heterocycles. The number of amides is 3. The Morgan fingerprint density at radius 2 is 1.56 bits per heavy atom. The largest absolute Gasteiger partial charge is 0.493 e. The van der Waals surface area contributed by atoms with Crippen LogP contribution in [0.4, 0.5) is 4.79 Å². The summed E-state index contributed by atoms with van der Waals surface area (Å²) in [5, 5.41) is 7.67. The van der Waals surface area contributed by atoms with Gasteiger partial charge in [0.1, 0.15) is 5.60 Å². The van der Waals surface area contributed by atoms with Gasteiger partial charge in [-0.3, -0.25) is 9.59 Å². The molecule has 2 fully saturated rings. The van der Waals surface area contributed by atoms with Crippen molar-refractivity contribution >= 4 is 23.6 Å². The first kappa shape index (κ1) is 30.1. The average Bonchev–Trinajstić information content (AvgIpc) is 3.45. The molecular formula is C31H40N6O6. The lowest BCUT2D eigenvalue weighted by Gasteiger charge is -2.38. The van der Waals surface area contributed by atoms with Gasteiger partial charge in [0.05, 0.1) is 19.9 Å². The van der Waals surface area contributed by atoms with Crippen molar-refractivity contribution in [3.63, 3.8) is 0 Å². The van der Waals surface area contributed by atoms with Gasteiger partial charge in [0.25, 0.3) is 5.91 Å². The molecule has 12 nitrogen and oxygen atoms in total. The van der Waals surface area contributed by atoms with Crippen LogP contribution in [0.2, 0.25) is 0 Å². The molecule has 3 amide bonds. The van der Waals surface area contributed by atoms with Gasteiger partial charge in [-0.2, -0.15) is 5.10 Å². The SMILES string of the molecule is COc1ccc(-c2ccnc3cc(C(=O)N[C@H]4CC[C@@H](C(=O)N5CCN(C(=O)OC(C)(C)C)CC5)CC4)nn23)cc1OC. The van der Waals surface area contributed by atoms with Gasteiger partial charge in [-0.15, -0.1) is 0 Å². The molecule has 1 saturated carbocycles. The molecular weight excluding hydrogens is 552 g/mol. The molecule has 1 saturated heterocycles. The summed E-state index contributed by atoms with van der Waals surface area (Å²) < 4.78 is 17.9. The van der Waals surface area contributed by atoms with Gasteiger partial charge in [-0.05, 0) is 70.7 Å². The van der Waals surface area contributed by atoms with E-state index >= 15 is 0 Å². The van der Waals surface area contributed by atoms with E-state index in [0.717, 1.165) is 11.3 Å². The molecule has 43 heavy (non-hydrogen) atoms. The fraction of sp³-hybridized carbons (Fsp3) is 0.516. The normalized spacial score (nSPS) is 19.2. The van der Waals surface area contributed by atoms with Gasteiger partial charge in [0, 0.05) is 56.0 Å². The van der Waals surface area contributed by atoms with E-state index in [0.29, 0.717) is 69.0 Å². The van der Waals surface area contributed by atoms with E-state index in [2.05, 4.69) is 15.4 Å². The summed E-state index contributed by atoms with van der Waals surface area (Å²) in [5.74, 6) is 0.991. The Morgan fingerprint density at radius 1 is 0.884 bits per heavy atom. The topological polar surface area (TPSA) is 128 Å². The van der Waals surface area contributed by atoms with Crippen molar-refractivity contribution in [1.29, 1.82) is 0 Å². The molecule has 1 aromatic carbocycles. The molecule has 3 aromatic rings. The number of nitrogens with zero attached hydrogens (tertiary/aromatic N) is 5. The van der Waals surface area contributed by atoms with E-state index in [9.17, 15) is 14.4 Å². The summed E-state index contributed by atoms with van der Waals surface area (Å²) >= 11 is 0. The summed E-state index contributed by atoms with van der Waals surface area (Å²) in [4.78, 5) is 46.6. The lowest BCUT2D eigenvalue weighted by Crippen LogP contribution is -2.53. The molecule has 0 unspecified atom stereocenters. The van der Waals surface area contributed by atoms with Crippen molar-refractivity contribution in [3.8, 4) is 22.8 Å². The predicted molar refractivity (Wildman–Crippen MR) is 159 cm³/mol. The number of hydrogen-bond donors (Lipinski definition) is 1. The van der Waals surface area contributed by atoms with Gasteiger partial charge >= 0.3 is 6.09 Å². The molecule has 230 valence electrons. The number of nitrogens with one attached hydrogen (secondary N) is 1. The third-order valence-electron chi connectivity index (χ3n) is 7.92. The quantitative estimate of drug-likeness (QED) is 0.458. The van der Waals surface area contributed by atoms with E-state index < -0.39 is 5.60 Å². The van der Waals surface area contributed by atoms with Crippen LogP contribution in [0.3, 0.4) is 0 Å². The standard InChI is InChI=1S/C31H40N6O6/c1-31(2,3)43-30(40)36-16-14-35(15-17-36)29(39)20-6-9-22(10-7-20)33-28(38)23-19-27-32-13-12-24(37(27)34-23)21-8-11-25(41-4)26(18-21)42-5/h8,11-13,18-20,22H,6-7,9-10,14-17H2,1-5H3,(H,33,38)/t20-,22+. The van der Waals surface area contributed by atoms with Crippen molar-refractivity contribution in [2.24, 2.45) is 5.92 Å². The van der Waals surface area contributed by atoms with E-state index in [1.807, 2.05) is 49.9 Å². The molecule has 3 heterocycles. The first-order chi connectivity index (χ1) is 20.6. The predicted octanol–water partition coefficient (Wildman–Crippen LogP) is 3.78. The van der Waals surface area contributed by atoms with Crippen LogP contribution in [0.25, 0.3) is 16.9 Å². The minimum atomic E-state index is -0.547. The Balaban J connectivity index is 1.15. The minimum absolute atomic E-state index is 0.0383. The fourth-order valence-corrected chi connectivity index (χ4v) is 5.66. The molecule has 5 rings (SSSR count). The number of carbonyl (C=O) groups is 3. The van der Waals surface area contributed by atoms with Crippen molar-refractivity contribution in [2.45, 2.75) is 58.1 Å².